The zero-order valence-corrected chi connectivity index (χ0v) is 23.8. The van der Waals surface area contributed by atoms with Crippen LogP contribution in [0.1, 0.15) is 26.3 Å². The fourth-order valence-electron chi connectivity index (χ4n) is 4.16. The van der Waals surface area contributed by atoms with Gasteiger partial charge in [0.1, 0.15) is 16.5 Å². The summed E-state index contributed by atoms with van der Waals surface area (Å²) in [6.07, 6.45) is 1.69. The van der Waals surface area contributed by atoms with Crippen molar-refractivity contribution in [1.29, 1.82) is 0 Å². The fourth-order valence-corrected chi connectivity index (χ4v) is 6.11. The lowest BCUT2D eigenvalue weighted by molar-refractivity contribution is 0.311. The molecular weight excluding hydrogens is 527 g/mol. The van der Waals surface area contributed by atoms with Crippen molar-refractivity contribution in [2.24, 2.45) is 0 Å². The number of aromatic nitrogens is 1. The van der Waals surface area contributed by atoms with E-state index in [1.165, 1.54) is 12.1 Å². The molecule has 0 saturated carbocycles. The van der Waals surface area contributed by atoms with Gasteiger partial charge in [0.05, 0.1) is 10.7 Å². The van der Waals surface area contributed by atoms with E-state index in [0.29, 0.717) is 28.6 Å². The summed E-state index contributed by atoms with van der Waals surface area (Å²) in [6, 6.07) is 11.6. The van der Waals surface area contributed by atoms with Crippen molar-refractivity contribution in [2.75, 3.05) is 48.8 Å². The molecule has 0 spiro atoms. The van der Waals surface area contributed by atoms with Gasteiger partial charge in [-0.1, -0.05) is 11.6 Å². The van der Waals surface area contributed by atoms with Crippen LogP contribution in [0.25, 0.3) is 0 Å². The number of nitrogens with zero attached hydrogens (tertiary/aromatic N) is 3. The van der Waals surface area contributed by atoms with Gasteiger partial charge in [0.15, 0.2) is 0 Å². The van der Waals surface area contributed by atoms with Gasteiger partial charge in [-0.15, -0.1) is 0 Å². The molecule has 11 heteroatoms. The maximum Gasteiger partial charge on any atom is 0.242 e. The molecule has 0 unspecified atom stereocenters. The molecule has 1 aromatic heterocycles. The lowest BCUT2D eigenvalue weighted by Gasteiger charge is -2.34. The lowest BCUT2D eigenvalue weighted by atomic mass is 10.1. The van der Waals surface area contributed by atoms with Gasteiger partial charge in [0.25, 0.3) is 0 Å². The van der Waals surface area contributed by atoms with Gasteiger partial charge in [-0.25, -0.2) is 22.5 Å². The third-order valence-electron chi connectivity index (χ3n) is 6.11. The number of benzene rings is 2. The second-order valence-electron chi connectivity index (χ2n) is 10.6. The molecule has 8 nitrogen and oxygen atoms in total. The Bertz CT molecular complexity index is 1420. The average Bonchev–Trinajstić information content (AvgIpc) is 2.82. The van der Waals surface area contributed by atoms with E-state index >= 15 is 0 Å². The summed E-state index contributed by atoms with van der Waals surface area (Å²) in [7, 11) is -1.76. The standard InChI is InChI=1S/C27H34ClFN6O2S/c1-18-17-30-26(32-19-7-9-24(22(29)14-19)35-12-10-34(5)11-13-35)16-23(18)31-20-6-8-21(28)25(15-20)38(36,37)33-27(2,3)4/h6-9,14-17,33H,10-13H2,1-5H3,(H2,30,31,32). The van der Waals surface area contributed by atoms with E-state index in [-0.39, 0.29) is 15.7 Å². The Balaban J connectivity index is 1.52. The molecule has 3 aromatic rings. The quantitative estimate of drug-likeness (QED) is 0.351. The minimum absolute atomic E-state index is 0.0138. The van der Waals surface area contributed by atoms with E-state index in [2.05, 4.69) is 37.2 Å². The minimum Gasteiger partial charge on any atom is -0.367 e. The van der Waals surface area contributed by atoms with E-state index in [4.69, 9.17) is 11.6 Å². The molecule has 3 N–H and O–H groups in total. The summed E-state index contributed by atoms with van der Waals surface area (Å²) in [6.45, 7) is 10.6. The van der Waals surface area contributed by atoms with Gasteiger partial charge in [-0.2, -0.15) is 0 Å². The molecule has 38 heavy (non-hydrogen) atoms. The number of hydrogen-bond donors (Lipinski definition) is 3. The highest BCUT2D eigenvalue weighted by Crippen LogP contribution is 2.31. The van der Waals surface area contributed by atoms with E-state index in [0.717, 1.165) is 31.7 Å². The summed E-state index contributed by atoms with van der Waals surface area (Å²) in [5.74, 6) is 0.227. The molecule has 1 aliphatic rings. The van der Waals surface area contributed by atoms with Gasteiger partial charge < -0.3 is 20.4 Å². The van der Waals surface area contributed by atoms with Crippen LogP contribution < -0.4 is 20.3 Å². The van der Waals surface area contributed by atoms with Crippen molar-refractivity contribution in [2.45, 2.75) is 38.1 Å². The summed E-state index contributed by atoms with van der Waals surface area (Å²) < 4.78 is 43.3. The lowest BCUT2D eigenvalue weighted by Crippen LogP contribution is -2.44. The normalized spacial score (nSPS) is 15.0. The van der Waals surface area contributed by atoms with E-state index in [9.17, 15) is 12.8 Å². The van der Waals surface area contributed by atoms with Crippen molar-refractivity contribution >= 4 is 50.2 Å². The first kappa shape index (κ1) is 28.1. The number of piperazine rings is 1. The molecule has 0 radical (unpaired) electrons. The highest BCUT2D eigenvalue weighted by Gasteiger charge is 2.25. The van der Waals surface area contributed by atoms with Gasteiger partial charge in [0, 0.05) is 61.0 Å². The van der Waals surface area contributed by atoms with Crippen molar-refractivity contribution in [1.82, 2.24) is 14.6 Å². The summed E-state index contributed by atoms with van der Waals surface area (Å²) >= 11 is 6.24. The van der Waals surface area contributed by atoms with Gasteiger partial charge >= 0.3 is 0 Å². The van der Waals surface area contributed by atoms with Crippen molar-refractivity contribution < 1.29 is 12.8 Å². The van der Waals surface area contributed by atoms with Gasteiger partial charge in [-0.05, 0) is 76.7 Å². The summed E-state index contributed by atoms with van der Waals surface area (Å²) in [4.78, 5) is 8.69. The van der Waals surface area contributed by atoms with E-state index < -0.39 is 15.6 Å². The summed E-state index contributed by atoms with van der Waals surface area (Å²) in [5, 5.41) is 6.54. The smallest absolute Gasteiger partial charge is 0.242 e. The number of hydrogen-bond acceptors (Lipinski definition) is 7. The number of rotatable bonds is 7. The molecule has 0 bridgehead atoms. The van der Waals surface area contributed by atoms with Crippen LogP contribution >= 0.6 is 11.6 Å². The molecule has 1 fully saturated rings. The molecule has 204 valence electrons. The highest BCUT2D eigenvalue weighted by molar-refractivity contribution is 7.89. The number of pyridine rings is 1. The highest BCUT2D eigenvalue weighted by atomic mass is 35.5. The maximum absolute atomic E-state index is 14.9. The maximum atomic E-state index is 14.9. The monoisotopic (exact) mass is 560 g/mol. The number of likely N-dealkylation sites (N-methyl/N-ethyl adjacent to an activating group) is 1. The minimum atomic E-state index is -3.83. The average molecular weight is 561 g/mol. The van der Waals surface area contributed by atoms with Crippen LogP contribution in [0.5, 0.6) is 0 Å². The van der Waals surface area contributed by atoms with Crippen molar-refractivity contribution in [3.05, 3.63) is 65.1 Å². The fraction of sp³-hybridized carbons (Fsp3) is 0.370. The van der Waals surface area contributed by atoms with Crippen molar-refractivity contribution in [3.8, 4) is 0 Å². The molecule has 0 aliphatic carbocycles. The van der Waals surface area contributed by atoms with Crippen LogP contribution in [0.4, 0.5) is 33.0 Å². The molecule has 0 atom stereocenters. The van der Waals surface area contributed by atoms with E-state index in [1.54, 1.807) is 51.2 Å². The number of nitrogens with one attached hydrogen (secondary N) is 3. The Labute approximate surface area is 229 Å². The number of aryl methyl sites for hydroxylation is 1. The first-order chi connectivity index (χ1) is 17.8. The predicted octanol–water partition coefficient (Wildman–Crippen LogP) is 5.50. The van der Waals surface area contributed by atoms with Gasteiger partial charge in [0.2, 0.25) is 10.0 Å². The number of halogens is 2. The first-order valence-electron chi connectivity index (χ1n) is 12.4. The third-order valence-corrected chi connectivity index (χ3v) is 8.35. The van der Waals surface area contributed by atoms with Crippen LogP contribution in [0.15, 0.2) is 53.6 Å². The Morgan fingerprint density at radius 1 is 0.974 bits per heavy atom. The SMILES string of the molecule is Cc1cnc(Nc2ccc(N3CCN(C)CC3)c(F)c2)cc1Nc1ccc(Cl)c(S(=O)(=O)NC(C)(C)C)c1. The molecule has 4 rings (SSSR count). The second kappa shape index (κ2) is 11.1. The molecular formula is C27H34ClFN6O2S. The van der Waals surface area contributed by atoms with Crippen LogP contribution in [-0.4, -0.2) is 57.1 Å². The first-order valence-corrected chi connectivity index (χ1v) is 14.2. The Hall–Kier alpha value is -2.92. The Morgan fingerprint density at radius 3 is 2.29 bits per heavy atom. The molecule has 0 amide bonds. The van der Waals surface area contributed by atoms with Gasteiger partial charge in [-0.3, -0.25) is 0 Å². The van der Waals surface area contributed by atoms with Crippen LogP contribution in [0.2, 0.25) is 5.02 Å². The largest absolute Gasteiger partial charge is 0.367 e. The van der Waals surface area contributed by atoms with Crippen LogP contribution in [0, 0.1) is 12.7 Å². The zero-order valence-electron chi connectivity index (χ0n) is 22.3. The second-order valence-corrected chi connectivity index (χ2v) is 12.6. The molecule has 1 aliphatic heterocycles. The topological polar surface area (TPSA) is 89.6 Å². The van der Waals surface area contributed by atoms with Crippen LogP contribution in [0.3, 0.4) is 0 Å². The summed E-state index contributed by atoms with van der Waals surface area (Å²) in [5.41, 5.74) is 2.63. The third kappa shape index (κ3) is 6.93. The zero-order chi connectivity index (χ0) is 27.7. The number of sulfonamides is 1. The van der Waals surface area contributed by atoms with Crippen LogP contribution in [-0.2, 0) is 10.0 Å². The molecule has 1 saturated heterocycles. The van der Waals surface area contributed by atoms with Crippen molar-refractivity contribution in [3.63, 3.8) is 0 Å². The predicted molar refractivity (Wildman–Crippen MR) is 153 cm³/mol. The number of anilines is 5. The Kier molecular flexibility index (Phi) is 8.17. The van der Waals surface area contributed by atoms with E-state index in [1.807, 2.05) is 13.0 Å². The molecule has 2 heterocycles. The molecule has 2 aromatic carbocycles. The Morgan fingerprint density at radius 2 is 1.63 bits per heavy atom.